The molecule has 2 N–H and O–H groups in total. The highest BCUT2D eigenvalue weighted by Crippen LogP contribution is 2.32. The van der Waals surface area contributed by atoms with Crippen LogP contribution in [0.15, 0.2) is 18.2 Å². The molecule has 1 aromatic carbocycles. The zero-order chi connectivity index (χ0) is 15.3. The number of Topliss-reactive ketones (excluding diaryl/α,β-unsaturated/α-hetero) is 1. The molecule has 0 atom stereocenters. The number of carbonyl (C=O) groups excluding carboxylic acids is 2. The van der Waals surface area contributed by atoms with E-state index < -0.39 is 23.4 Å². The fourth-order valence-electron chi connectivity index (χ4n) is 1.62. The van der Waals surface area contributed by atoms with Crippen molar-refractivity contribution in [1.29, 1.82) is 0 Å². The van der Waals surface area contributed by atoms with Crippen LogP contribution in [0.4, 0.5) is 18.9 Å². The smallest absolute Gasteiger partial charge is 0.396 e. The van der Waals surface area contributed by atoms with Gasteiger partial charge in [0.2, 0.25) is 5.91 Å². The summed E-state index contributed by atoms with van der Waals surface area (Å²) < 4.78 is 37.9. The quantitative estimate of drug-likeness (QED) is 0.819. The van der Waals surface area contributed by atoms with E-state index in [9.17, 15) is 22.8 Å². The van der Waals surface area contributed by atoms with Crippen molar-refractivity contribution in [2.45, 2.75) is 25.9 Å². The number of nitrogens with one attached hydrogen (secondary N) is 1. The van der Waals surface area contributed by atoms with Gasteiger partial charge in [-0.25, -0.2) is 0 Å². The number of ketones is 1. The topological polar surface area (TPSA) is 66.4 Å². The standard InChI is InChI=1S/C13H14F3NO3/c1-8(19)17-11-5-4-9(13(14,15)16)7-10(11)12(20)3-2-6-18/h4-5,7,18H,2-3,6H2,1H3,(H,17,19). The maximum atomic E-state index is 12.6. The van der Waals surface area contributed by atoms with E-state index in [1.165, 1.54) is 6.92 Å². The Kier molecular flexibility index (Phi) is 5.26. The van der Waals surface area contributed by atoms with Crippen molar-refractivity contribution in [1.82, 2.24) is 0 Å². The molecule has 1 rings (SSSR count). The fraction of sp³-hybridized carbons (Fsp3) is 0.385. The molecule has 0 aliphatic rings. The number of rotatable bonds is 5. The third-order valence-corrected chi connectivity index (χ3v) is 2.52. The minimum atomic E-state index is -4.57. The molecular weight excluding hydrogens is 275 g/mol. The molecule has 7 heteroatoms. The number of aliphatic hydroxyl groups excluding tert-OH is 1. The average Bonchev–Trinajstić information content (AvgIpc) is 2.34. The van der Waals surface area contributed by atoms with Crippen LogP contribution in [-0.2, 0) is 11.0 Å². The van der Waals surface area contributed by atoms with Gasteiger partial charge in [-0.15, -0.1) is 0 Å². The molecule has 0 spiro atoms. The van der Waals surface area contributed by atoms with Crippen LogP contribution < -0.4 is 5.32 Å². The first-order valence-corrected chi connectivity index (χ1v) is 5.88. The van der Waals surface area contributed by atoms with Gasteiger partial charge in [-0.3, -0.25) is 9.59 Å². The maximum Gasteiger partial charge on any atom is 0.416 e. The molecule has 1 aromatic rings. The molecule has 0 saturated carbocycles. The van der Waals surface area contributed by atoms with Crippen molar-refractivity contribution in [3.05, 3.63) is 29.3 Å². The van der Waals surface area contributed by atoms with Crippen molar-refractivity contribution in [3.63, 3.8) is 0 Å². The molecule has 0 aromatic heterocycles. The SMILES string of the molecule is CC(=O)Nc1ccc(C(F)(F)F)cc1C(=O)CCCO. The average molecular weight is 289 g/mol. The van der Waals surface area contributed by atoms with Crippen molar-refractivity contribution in [2.75, 3.05) is 11.9 Å². The van der Waals surface area contributed by atoms with Gasteiger partial charge >= 0.3 is 6.18 Å². The number of carbonyl (C=O) groups is 2. The number of alkyl halides is 3. The zero-order valence-electron chi connectivity index (χ0n) is 10.8. The summed E-state index contributed by atoms with van der Waals surface area (Å²) in [6.07, 6.45) is -4.51. The Hall–Kier alpha value is -1.89. The second-order valence-corrected chi connectivity index (χ2v) is 4.19. The first-order chi connectivity index (χ1) is 9.25. The van der Waals surface area contributed by atoms with Gasteiger partial charge < -0.3 is 10.4 Å². The van der Waals surface area contributed by atoms with Crippen LogP contribution in [-0.4, -0.2) is 23.4 Å². The minimum Gasteiger partial charge on any atom is -0.396 e. The lowest BCUT2D eigenvalue weighted by Gasteiger charge is -2.13. The van der Waals surface area contributed by atoms with Gasteiger partial charge in [0.1, 0.15) is 0 Å². The molecule has 0 radical (unpaired) electrons. The molecule has 0 bridgehead atoms. The van der Waals surface area contributed by atoms with E-state index in [1.54, 1.807) is 0 Å². The second-order valence-electron chi connectivity index (χ2n) is 4.19. The first kappa shape index (κ1) is 16.2. The van der Waals surface area contributed by atoms with E-state index in [1.807, 2.05) is 0 Å². The molecule has 0 unspecified atom stereocenters. The predicted molar refractivity (Wildman–Crippen MR) is 66.4 cm³/mol. The van der Waals surface area contributed by atoms with E-state index in [0.29, 0.717) is 6.07 Å². The Bertz CT molecular complexity index is 512. The lowest BCUT2D eigenvalue weighted by molar-refractivity contribution is -0.137. The number of aliphatic hydroxyl groups is 1. The van der Waals surface area contributed by atoms with Crippen LogP contribution in [0.3, 0.4) is 0 Å². The molecular formula is C13H14F3NO3. The minimum absolute atomic E-state index is 0.0356. The van der Waals surface area contributed by atoms with Crippen LogP contribution in [0.5, 0.6) is 0 Å². The number of hydrogen-bond acceptors (Lipinski definition) is 3. The van der Waals surface area contributed by atoms with Gasteiger partial charge in [-0.1, -0.05) is 0 Å². The van der Waals surface area contributed by atoms with E-state index in [-0.39, 0.29) is 30.7 Å². The monoisotopic (exact) mass is 289 g/mol. The van der Waals surface area contributed by atoms with Gasteiger partial charge in [-0.05, 0) is 24.6 Å². The summed E-state index contributed by atoms with van der Waals surface area (Å²) in [5.74, 6) is -1.05. The summed E-state index contributed by atoms with van der Waals surface area (Å²) >= 11 is 0. The lowest BCUT2D eigenvalue weighted by Crippen LogP contribution is -2.14. The van der Waals surface area contributed by atoms with Crippen molar-refractivity contribution in [2.24, 2.45) is 0 Å². The van der Waals surface area contributed by atoms with Crippen molar-refractivity contribution in [3.8, 4) is 0 Å². The summed E-state index contributed by atoms with van der Waals surface area (Å²) in [6, 6.07) is 2.56. The summed E-state index contributed by atoms with van der Waals surface area (Å²) in [7, 11) is 0. The Balaban J connectivity index is 3.18. The van der Waals surface area contributed by atoms with E-state index in [2.05, 4.69) is 5.32 Å². The number of hydrogen-bond donors (Lipinski definition) is 2. The number of amides is 1. The Morgan fingerprint density at radius 1 is 1.30 bits per heavy atom. The van der Waals surface area contributed by atoms with Crippen LogP contribution in [0.25, 0.3) is 0 Å². The maximum absolute atomic E-state index is 12.6. The van der Waals surface area contributed by atoms with Gasteiger partial charge in [0, 0.05) is 25.5 Å². The Morgan fingerprint density at radius 2 is 1.95 bits per heavy atom. The molecule has 0 saturated heterocycles. The van der Waals surface area contributed by atoms with Crippen LogP contribution in [0.2, 0.25) is 0 Å². The molecule has 0 aliphatic carbocycles. The highest BCUT2D eigenvalue weighted by Gasteiger charge is 2.31. The fourth-order valence-corrected chi connectivity index (χ4v) is 1.62. The summed E-state index contributed by atoms with van der Waals surface area (Å²) in [6.45, 7) is 0.958. The first-order valence-electron chi connectivity index (χ1n) is 5.88. The van der Waals surface area contributed by atoms with Gasteiger partial charge in [0.05, 0.1) is 11.3 Å². The Morgan fingerprint density at radius 3 is 2.45 bits per heavy atom. The van der Waals surface area contributed by atoms with Gasteiger partial charge in [-0.2, -0.15) is 13.2 Å². The van der Waals surface area contributed by atoms with E-state index in [4.69, 9.17) is 5.11 Å². The van der Waals surface area contributed by atoms with Crippen molar-refractivity contribution < 1.29 is 27.9 Å². The molecule has 0 heterocycles. The molecule has 0 fully saturated rings. The molecule has 4 nitrogen and oxygen atoms in total. The highest BCUT2D eigenvalue weighted by molar-refractivity contribution is 6.04. The summed E-state index contributed by atoms with van der Waals surface area (Å²) in [4.78, 5) is 22.9. The van der Waals surface area contributed by atoms with Gasteiger partial charge in [0.15, 0.2) is 5.78 Å². The zero-order valence-corrected chi connectivity index (χ0v) is 10.8. The summed E-state index contributed by atoms with van der Waals surface area (Å²) in [5, 5.41) is 11.0. The molecule has 0 aliphatic heterocycles. The third-order valence-electron chi connectivity index (χ3n) is 2.52. The number of anilines is 1. The van der Waals surface area contributed by atoms with E-state index >= 15 is 0 Å². The molecule has 1 amide bonds. The number of halogens is 3. The van der Waals surface area contributed by atoms with E-state index in [0.717, 1.165) is 12.1 Å². The summed E-state index contributed by atoms with van der Waals surface area (Å²) in [5.41, 5.74) is -1.13. The van der Waals surface area contributed by atoms with Crippen LogP contribution in [0, 0.1) is 0 Å². The molecule has 110 valence electrons. The second kappa shape index (κ2) is 6.51. The van der Waals surface area contributed by atoms with Crippen LogP contribution in [0.1, 0.15) is 35.7 Å². The third kappa shape index (κ3) is 4.34. The predicted octanol–water partition coefficient (Wildman–Crippen LogP) is 2.62. The van der Waals surface area contributed by atoms with Gasteiger partial charge in [0.25, 0.3) is 0 Å². The Labute approximate surface area is 113 Å². The normalized spacial score (nSPS) is 11.2. The molecule has 20 heavy (non-hydrogen) atoms. The highest BCUT2D eigenvalue weighted by atomic mass is 19.4. The van der Waals surface area contributed by atoms with Crippen LogP contribution >= 0.6 is 0 Å². The lowest BCUT2D eigenvalue weighted by atomic mass is 10.0. The van der Waals surface area contributed by atoms with Crippen molar-refractivity contribution >= 4 is 17.4 Å². The number of benzene rings is 1. The largest absolute Gasteiger partial charge is 0.416 e.